The van der Waals surface area contributed by atoms with Crippen molar-refractivity contribution in [2.24, 2.45) is 0 Å². The summed E-state index contributed by atoms with van der Waals surface area (Å²) in [4.78, 5) is 38.5. The molecule has 1 aromatic carbocycles. The summed E-state index contributed by atoms with van der Waals surface area (Å²) in [5, 5.41) is 4.26. The van der Waals surface area contributed by atoms with E-state index in [1.54, 1.807) is 30.5 Å². The number of halogens is 1. The molecule has 0 saturated heterocycles. The van der Waals surface area contributed by atoms with Crippen LogP contribution in [0.4, 0.5) is 5.69 Å². The zero-order valence-electron chi connectivity index (χ0n) is 14.4. The summed E-state index contributed by atoms with van der Waals surface area (Å²) in [7, 11) is 0. The molecule has 0 radical (unpaired) electrons. The highest BCUT2D eigenvalue weighted by atomic mass is 35.5. The van der Waals surface area contributed by atoms with Crippen LogP contribution < -0.4 is 10.2 Å². The maximum absolute atomic E-state index is 12.2. The van der Waals surface area contributed by atoms with Crippen LogP contribution in [0, 0.1) is 6.92 Å². The lowest BCUT2D eigenvalue weighted by Crippen LogP contribution is -2.24. The average molecular weight is 402 g/mol. The van der Waals surface area contributed by atoms with Crippen LogP contribution in [-0.4, -0.2) is 27.3 Å². The first-order chi connectivity index (χ1) is 13.0. The van der Waals surface area contributed by atoms with Gasteiger partial charge in [-0.25, -0.2) is 9.97 Å². The van der Waals surface area contributed by atoms with Gasteiger partial charge in [0.2, 0.25) is 6.41 Å². The van der Waals surface area contributed by atoms with Crippen LogP contribution in [0.5, 0.6) is 0 Å². The van der Waals surface area contributed by atoms with Crippen molar-refractivity contribution in [3.05, 3.63) is 69.2 Å². The summed E-state index contributed by atoms with van der Waals surface area (Å²) in [6, 6.07) is 6.95. The molecular weight excluding hydrogens is 386 g/mol. The van der Waals surface area contributed by atoms with Gasteiger partial charge in [0.25, 0.3) is 5.91 Å². The Labute approximate surface area is 165 Å². The third-order valence-corrected chi connectivity index (χ3v) is 4.78. The van der Waals surface area contributed by atoms with Crippen molar-refractivity contribution in [2.75, 3.05) is 4.90 Å². The van der Waals surface area contributed by atoms with Crippen LogP contribution in [0.1, 0.15) is 26.1 Å². The molecule has 0 aliphatic heterocycles. The molecule has 2 aromatic heterocycles. The highest BCUT2D eigenvalue weighted by molar-refractivity contribution is 7.11. The Balaban J connectivity index is 1.62. The number of benzene rings is 1. The zero-order valence-corrected chi connectivity index (χ0v) is 16.0. The predicted octanol–water partition coefficient (Wildman–Crippen LogP) is 2.99. The quantitative estimate of drug-likeness (QED) is 0.615. The van der Waals surface area contributed by atoms with Crippen LogP contribution in [0.3, 0.4) is 0 Å². The molecule has 0 saturated carbocycles. The molecule has 138 valence electrons. The van der Waals surface area contributed by atoms with Crippen LogP contribution in [0.25, 0.3) is 0 Å². The number of nitrogens with one attached hydrogen (secondary N) is 1. The second-order valence-electron chi connectivity index (χ2n) is 5.63. The van der Waals surface area contributed by atoms with Gasteiger partial charge < -0.3 is 10.2 Å². The molecule has 9 heteroatoms. The number of hydrogen-bond acceptors (Lipinski definition) is 6. The van der Waals surface area contributed by atoms with E-state index >= 15 is 0 Å². The molecule has 1 N–H and O–H groups in total. The topological polar surface area (TPSA) is 88.1 Å². The molecule has 0 atom stereocenters. The third-order valence-electron chi connectivity index (χ3n) is 3.63. The van der Waals surface area contributed by atoms with Crippen molar-refractivity contribution < 1.29 is 9.59 Å². The largest absolute Gasteiger partial charge is 0.346 e. The van der Waals surface area contributed by atoms with Crippen molar-refractivity contribution in [1.82, 2.24) is 20.3 Å². The summed E-state index contributed by atoms with van der Waals surface area (Å²) < 4.78 is 0. The lowest BCUT2D eigenvalue weighted by Gasteiger charge is -2.17. The molecular formula is C18H16ClN5O2S. The standard InChI is InChI=1S/C18H16ClN5O2S/c1-12-20-7-16(27-12)8-23-18(26)17-9-21-14(6-22-17)10-24(11-25)15-4-2-3-13(19)5-15/h2-7,9,11H,8,10H2,1H3,(H,23,26). The van der Waals surface area contributed by atoms with Gasteiger partial charge in [-0.15, -0.1) is 11.3 Å². The van der Waals surface area contributed by atoms with Gasteiger partial charge in [-0.05, 0) is 25.1 Å². The van der Waals surface area contributed by atoms with E-state index in [-0.39, 0.29) is 18.1 Å². The normalized spacial score (nSPS) is 10.4. The zero-order chi connectivity index (χ0) is 19.2. The Morgan fingerprint density at radius 2 is 2.11 bits per heavy atom. The Bertz CT molecular complexity index is 945. The van der Waals surface area contributed by atoms with E-state index in [0.717, 1.165) is 9.88 Å². The molecule has 27 heavy (non-hydrogen) atoms. The van der Waals surface area contributed by atoms with Crippen LogP contribution in [0.15, 0.2) is 42.9 Å². The molecule has 0 bridgehead atoms. The molecule has 2 heterocycles. The van der Waals surface area contributed by atoms with Gasteiger partial charge in [0.1, 0.15) is 5.69 Å². The molecule has 3 rings (SSSR count). The van der Waals surface area contributed by atoms with Gasteiger partial charge in [-0.2, -0.15) is 0 Å². The molecule has 2 amide bonds. The fourth-order valence-electron chi connectivity index (χ4n) is 2.32. The minimum absolute atomic E-state index is 0.209. The Hall–Kier alpha value is -2.84. The lowest BCUT2D eigenvalue weighted by molar-refractivity contribution is -0.107. The van der Waals surface area contributed by atoms with E-state index in [9.17, 15) is 9.59 Å². The summed E-state index contributed by atoms with van der Waals surface area (Å²) >= 11 is 7.49. The SMILES string of the molecule is Cc1ncc(CNC(=O)c2cnc(CN(C=O)c3cccc(Cl)c3)cn2)s1. The van der Waals surface area contributed by atoms with Crippen molar-refractivity contribution in [1.29, 1.82) is 0 Å². The molecule has 0 fully saturated rings. The summed E-state index contributed by atoms with van der Waals surface area (Å²) in [6.45, 7) is 2.52. The number of carbonyl (C=O) groups is 2. The maximum atomic E-state index is 12.2. The number of nitrogens with zero attached hydrogens (tertiary/aromatic N) is 4. The molecule has 7 nitrogen and oxygen atoms in total. The molecule has 0 spiro atoms. The highest BCUT2D eigenvalue weighted by Gasteiger charge is 2.11. The monoisotopic (exact) mass is 401 g/mol. The molecule has 0 aliphatic rings. The molecule has 3 aromatic rings. The Morgan fingerprint density at radius 3 is 2.74 bits per heavy atom. The first kappa shape index (κ1) is 18.9. The lowest BCUT2D eigenvalue weighted by atomic mass is 10.3. The summed E-state index contributed by atoms with van der Waals surface area (Å²) in [5.41, 5.74) is 1.41. The maximum Gasteiger partial charge on any atom is 0.271 e. The second kappa shape index (κ2) is 8.70. The van der Waals surface area contributed by atoms with E-state index in [2.05, 4.69) is 20.3 Å². The third kappa shape index (κ3) is 5.08. The van der Waals surface area contributed by atoms with Crippen LogP contribution >= 0.6 is 22.9 Å². The number of hydrogen-bond donors (Lipinski definition) is 1. The minimum atomic E-state index is -0.317. The van der Waals surface area contributed by atoms with Crippen LogP contribution in [-0.2, 0) is 17.9 Å². The number of amides is 2. The van der Waals surface area contributed by atoms with E-state index < -0.39 is 0 Å². The number of aryl methyl sites for hydroxylation is 1. The predicted molar refractivity (Wildman–Crippen MR) is 104 cm³/mol. The van der Waals surface area contributed by atoms with E-state index in [1.807, 2.05) is 6.92 Å². The van der Waals surface area contributed by atoms with Crippen LogP contribution in [0.2, 0.25) is 5.02 Å². The number of rotatable bonds is 7. The first-order valence-corrected chi connectivity index (χ1v) is 9.22. The fourth-order valence-corrected chi connectivity index (χ4v) is 3.24. The highest BCUT2D eigenvalue weighted by Crippen LogP contribution is 2.19. The van der Waals surface area contributed by atoms with Gasteiger partial charge in [0.15, 0.2) is 0 Å². The van der Waals surface area contributed by atoms with Gasteiger partial charge >= 0.3 is 0 Å². The minimum Gasteiger partial charge on any atom is -0.346 e. The van der Waals surface area contributed by atoms with Crippen molar-refractivity contribution in [3.8, 4) is 0 Å². The van der Waals surface area contributed by atoms with Crippen molar-refractivity contribution >= 4 is 40.9 Å². The Kier molecular flexibility index (Phi) is 6.10. The smallest absolute Gasteiger partial charge is 0.271 e. The molecule has 0 unspecified atom stereocenters. The van der Waals surface area contributed by atoms with Crippen molar-refractivity contribution in [3.63, 3.8) is 0 Å². The summed E-state index contributed by atoms with van der Waals surface area (Å²) in [5.74, 6) is -0.317. The van der Waals surface area contributed by atoms with Crippen molar-refractivity contribution in [2.45, 2.75) is 20.0 Å². The van der Waals surface area contributed by atoms with E-state index in [1.165, 1.54) is 28.6 Å². The number of carbonyl (C=O) groups excluding carboxylic acids is 2. The Morgan fingerprint density at radius 1 is 1.26 bits per heavy atom. The number of aromatic nitrogens is 3. The fraction of sp³-hybridized carbons (Fsp3) is 0.167. The van der Waals surface area contributed by atoms with E-state index in [4.69, 9.17) is 11.6 Å². The molecule has 0 aliphatic carbocycles. The summed E-state index contributed by atoms with van der Waals surface area (Å²) in [6.07, 6.45) is 5.31. The van der Waals surface area contributed by atoms with Gasteiger partial charge in [-0.3, -0.25) is 14.6 Å². The van der Waals surface area contributed by atoms with Gasteiger partial charge in [-0.1, -0.05) is 17.7 Å². The van der Waals surface area contributed by atoms with Gasteiger partial charge in [0, 0.05) is 21.8 Å². The number of thiazole rings is 1. The average Bonchev–Trinajstić information content (AvgIpc) is 3.10. The van der Waals surface area contributed by atoms with E-state index in [0.29, 0.717) is 29.4 Å². The first-order valence-electron chi connectivity index (χ1n) is 8.03. The second-order valence-corrected chi connectivity index (χ2v) is 7.39. The van der Waals surface area contributed by atoms with Gasteiger partial charge in [0.05, 0.1) is 36.2 Å². The number of anilines is 1.